The molecule has 2 rings (SSSR count). The molecule has 0 fully saturated rings. The Kier molecular flexibility index (Phi) is 6.22. The molecule has 0 aliphatic heterocycles. The zero-order valence-corrected chi connectivity index (χ0v) is 14.5. The lowest BCUT2D eigenvalue weighted by Crippen LogP contribution is -2.18. The molecule has 25 heavy (non-hydrogen) atoms. The Morgan fingerprint density at radius 3 is 2.08 bits per heavy atom. The van der Waals surface area contributed by atoms with Crippen molar-refractivity contribution < 1.29 is 23.7 Å². The standard InChI is InChI=1S/C18H20N2O5/c1-22-13-6-5-12(16(9-13)24-3)11-19-20-18(21)15-8-7-14(23-2)10-17(15)25-4/h5-11H,1-4H3,(H,20,21). The van der Waals surface area contributed by atoms with E-state index >= 15 is 0 Å². The van der Waals surface area contributed by atoms with E-state index in [1.165, 1.54) is 13.3 Å². The highest BCUT2D eigenvalue weighted by Gasteiger charge is 2.12. The van der Waals surface area contributed by atoms with Crippen molar-refractivity contribution >= 4 is 12.1 Å². The molecule has 0 aromatic heterocycles. The van der Waals surface area contributed by atoms with Gasteiger partial charge in [-0.05, 0) is 24.3 Å². The first-order valence-corrected chi connectivity index (χ1v) is 7.40. The van der Waals surface area contributed by atoms with Gasteiger partial charge >= 0.3 is 0 Å². The van der Waals surface area contributed by atoms with E-state index in [2.05, 4.69) is 10.5 Å². The summed E-state index contributed by atoms with van der Waals surface area (Å²) in [5.74, 6) is 1.84. The molecule has 0 saturated heterocycles. The van der Waals surface area contributed by atoms with Crippen LogP contribution < -0.4 is 24.4 Å². The van der Waals surface area contributed by atoms with Crippen LogP contribution in [0, 0.1) is 0 Å². The van der Waals surface area contributed by atoms with Gasteiger partial charge in [-0.2, -0.15) is 5.10 Å². The van der Waals surface area contributed by atoms with E-state index in [0.29, 0.717) is 34.1 Å². The maximum Gasteiger partial charge on any atom is 0.275 e. The van der Waals surface area contributed by atoms with Crippen LogP contribution in [0.3, 0.4) is 0 Å². The Morgan fingerprint density at radius 1 is 0.880 bits per heavy atom. The number of ether oxygens (including phenoxy) is 4. The predicted molar refractivity (Wildman–Crippen MR) is 94.2 cm³/mol. The van der Waals surface area contributed by atoms with Gasteiger partial charge in [0.2, 0.25) is 0 Å². The Balaban J connectivity index is 2.13. The van der Waals surface area contributed by atoms with Crippen molar-refractivity contribution in [1.82, 2.24) is 5.43 Å². The number of benzene rings is 2. The lowest BCUT2D eigenvalue weighted by molar-refractivity contribution is 0.0952. The molecule has 132 valence electrons. The van der Waals surface area contributed by atoms with Gasteiger partial charge in [-0.15, -0.1) is 0 Å². The number of hydrogen-bond acceptors (Lipinski definition) is 6. The van der Waals surface area contributed by atoms with Crippen LogP contribution in [0.25, 0.3) is 0 Å². The largest absolute Gasteiger partial charge is 0.497 e. The lowest BCUT2D eigenvalue weighted by Gasteiger charge is -2.09. The summed E-state index contributed by atoms with van der Waals surface area (Å²) in [7, 11) is 6.15. The molecule has 0 aliphatic carbocycles. The summed E-state index contributed by atoms with van der Waals surface area (Å²) in [6.45, 7) is 0. The number of hydrogen-bond donors (Lipinski definition) is 1. The first-order chi connectivity index (χ1) is 12.1. The fourth-order valence-corrected chi connectivity index (χ4v) is 2.13. The van der Waals surface area contributed by atoms with Crippen LogP contribution in [0.1, 0.15) is 15.9 Å². The van der Waals surface area contributed by atoms with Gasteiger partial charge in [0.1, 0.15) is 23.0 Å². The highest BCUT2D eigenvalue weighted by atomic mass is 16.5. The summed E-state index contributed by atoms with van der Waals surface area (Å²) in [4.78, 5) is 12.3. The van der Waals surface area contributed by atoms with Gasteiger partial charge in [-0.25, -0.2) is 5.43 Å². The maximum absolute atomic E-state index is 12.3. The molecule has 7 nitrogen and oxygen atoms in total. The third-order valence-corrected chi connectivity index (χ3v) is 3.46. The number of carbonyl (C=O) groups is 1. The number of carbonyl (C=O) groups excluding carboxylic acids is 1. The monoisotopic (exact) mass is 344 g/mol. The summed E-state index contributed by atoms with van der Waals surface area (Å²) >= 11 is 0. The number of hydrazone groups is 1. The SMILES string of the molecule is COc1ccc(C=NNC(=O)c2ccc(OC)cc2OC)c(OC)c1. The minimum Gasteiger partial charge on any atom is -0.497 e. The Morgan fingerprint density at radius 2 is 1.48 bits per heavy atom. The zero-order chi connectivity index (χ0) is 18.2. The van der Waals surface area contributed by atoms with Crippen LogP contribution in [0.2, 0.25) is 0 Å². The fraction of sp³-hybridized carbons (Fsp3) is 0.222. The molecule has 0 spiro atoms. The Labute approximate surface area is 146 Å². The Hall–Kier alpha value is -3.22. The van der Waals surface area contributed by atoms with Gasteiger partial charge in [0, 0.05) is 17.7 Å². The number of rotatable bonds is 7. The smallest absolute Gasteiger partial charge is 0.275 e. The third kappa shape index (κ3) is 4.41. The average molecular weight is 344 g/mol. The van der Waals surface area contributed by atoms with Gasteiger partial charge in [0.25, 0.3) is 5.91 Å². The van der Waals surface area contributed by atoms with Crippen LogP contribution in [0.5, 0.6) is 23.0 Å². The van der Waals surface area contributed by atoms with Crippen molar-refractivity contribution in [1.29, 1.82) is 0 Å². The molecule has 0 saturated carbocycles. The molecule has 2 aromatic carbocycles. The summed E-state index contributed by atoms with van der Waals surface area (Å²) in [6.07, 6.45) is 1.49. The number of amides is 1. The second-order valence-corrected chi connectivity index (χ2v) is 4.87. The molecule has 0 unspecified atom stereocenters. The van der Waals surface area contributed by atoms with E-state index in [0.717, 1.165) is 0 Å². The minimum absolute atomic E-state index is 0.349. The van der Waals surface area contributed by atoms with Crippen LogP contribution >= 0.6 is 0 Å². The molecule has 0 radical (unpaired) electrons. The maximum atomic E-state index is 12.3. The summed E-state index contributed by atoms with van der Waals surface area (Å²) in [6, 6.07) is 10.2. The van der Waals surface area contributed by atoms with E-state index in [9.17, 15) is 4.79 Å². The highest BCUT2D eigenvalue weighted by Crippen LogP contribution is 2.25. The van der Waals surface area contributed by atoms with E-state index in [4.69, 9.17) is 18.9 Å². The van der Waals surface area contributed by atoms with Gasteiger partial charge in [-0.3, -0.25) is 4.79 Å². The second kappa shape index (κ2) is 8.58. The van der Waals surface area contributed by atoms with Crippen molar-refractivity contribution in [3.63, 3.8) is 0 Å². The van der Waals surface area contributed by atoms with Crippen molar-refractivity contribution in [3.8, 4) is 23.0 Å². The van der Waals surface area contributed by atoms with Crippen LogP contribution in [-0.4, -0.2) is 40.6 Å². The number of nitrogens with one attached hydrogen (secondary N) is 1. The third-order valence-electron chi connectivity index (χ3n) is 3.46. The topological polar surface area (TPSA) is 78.4 Å². The van der Waals surface area contributed by atoms with Crippen molar-refractivity contribution in [2.24, 2.45) is 5.10 Å². The molecule has 1 N–H and O–H groups in total. The normalized spacial score (nSPS) is 10.4. The first-order valence-electron chi connectivity index (χ1n) is 7.40. The molecule has 2 aromatic rings. The number of nitrogens with zero attached hydrogens (tertiary/aromatic N) is 1. The van der Waals surface area contributed by atoms with E-state index < -0.39 is 5.91 Å². The molecule has 0 bridgehead atoms. The lowest BCUT2D eigenvalue weighted by atomic mass is 10.2. The van der Waals surface area contributed by atoms with E-state index in [1.807, 2.05) is 0 Å². The Bertz CT molecular complexity index is 774. The average Bonchev–Trinajstić information content (AvgIpc) is 2.67. The minimum atomic E-state index is -0.400. The number of methoxy groups -OCH3 is 4. The molecular formula is C18H20N2O5. The van der Waals surface area contributed by atoms with E-state index in [-0.39, 0.29) is 0 Å². The van der Waals surface area contributed by atoms with Crippen molar-refractivity contribution in [2.45, 2.75) is 0 Å². The molecule has 1 amide bonds. The van der Waals surface area contributed by atoms with Crippen molar-refractivity contribution in [3.05, 3.63) is 47.5 Å². The molecular weight excluding hydrogens is 324 g/mol. The van der Waals surface area contributed by atoms with Crippen LogP contribution in [0.15, 0.2) is 41.5 Å². The molecule has 7 heteroatoms. The van der Waals surface area contributed by atoms with Crippen LogP contribution in [-0.2, 0) is 0 Å². The van der Waals surface area contributed by atoms with Crippen molar-refractivity contribution in [2.75, 3.05) is 28.4 Å². The van der Waals surface area contributed by atoms with Gasteiger partial charge in [0.15, 0.2) is 0 Å². The molecule has 0 atom stereocenters. The summed E-state index contributed by atoms with van der Waals surface area (Å²) in [5.41, 5.74) is 3.51. The highest BCUT2D eigenvalue weighted by molar-refractivity contribution is 5.97. The second-order valence-electron chi connectivity index (χ2n) is 4.87. The fourth-order valence-electron chi connectivity index (χ4n) is 2.13. The molecule has 0 aliphatic rings. The summed E-state index contributed by atoms with van der Waals surface area (Å²) in [5, 5.41) is 3.97. The molecule has 0 heterocycles. The van der Waals surface area contributed by atoms with Crippen LogP contribution in [0.4, 0.5) is 0 Å². The zero-order valence-electron chi connectivity index (χ0n) is 14.5. The van der Waals surface area contributed by atoms with Gasteiger partial charge < -0.3 is 18.9 Å². The van der Waals surface area contributed by atoms with Gasteiger partial charge in [0.05, 0.1) is 40.2 Å². The van der Waals surface area contributed by atoms with Gasteiger partial charge in [-0.1, -0.05) is 0 Å². The first kappa shape index (κ1) is 18.1. The predicted octanol–water partition coefficient (Wildman–Crippen LogP) is 2.48. The van der Waals surface area contributed by atoms with E-state index in [1.54, 1.807) is 57.7 Å². The quantitative estimate of drug-likeness (QED) is 0.617. The summed E-state index contributed by atoms with van der Waals surface area (Å²) < 4.78 is 20.7.